The molecule has 1 N–H and O–H groups in total. The Balaban J connectivity index is 1.69. The summed E-state index contributed by atoms with van der Waals surface area (Å²) < 4.78 is 0. The van der Waals surface area contributed by atoms with Crippen molar-refractivity contribution in [1.82, 2.24) is 9.88 Å². The Hall–Kier alpha value is -2.48. The molecule has 2 aromatic rings. The van der Waals surface area contributed by atoms with Crippen LogP contribution in [-0.4, -0.2) is 38.9 Å². The van der Waals surface area contributed by atoms with E-state index in [-0.39, 0.29) is 11.5 Å². The van der Waals surface area contributed by atoms with E-state index in [1.165, 1.54) is 12.1 Å². The van der Waals surface area contributed by atoms with Gasteiger partial charge in [-0.15, -0.1) is 11.3 Å². The standard InChI is InChI=1S/C16H17N3O4S/c1-10-9-24-15(17-10)11-4-6-18(7-5-11)16(21)12-2-3-14(20)13(8-12)19(22)23/h2-3,8-9,11,20H,4-7H2,1H3. The maximum absolute atomic E-state index is 12.5. The van der Waals surface area contributed by atoms with Gasteiger partial charge in [-0.3, -0.25) is 14.9 Å². The molecule has 7 nitrogen and oxygen atoms in total. The number of hydrogen-bond donors (Lipinski definition) is 1. The van der Waals surface area contributed by atoms with Gasteiger partial charge < -0.3 is 10.0 Å². The van der Waals surface area contributed by atoms with Crippen LogP contribution < -0.4 is 0 Å². The minimum absolute atomic E-state index is 0.225. The molecule has 0 bridgehead atoms. The van der Waals surface area contributed by atoms with Crippen molar-refractivity contribution in [3.8, 4) is 5.75 Å². The SMILES string of the molecule is Cc1csc(C2CCN(C(=O)c3ccc(O)c([N+](=O)[O-])c3)CC2)n1. The molecule has 1 aromatic heterocycles. The van der Waals surface area contributed by atoms with Crippen LogP contribution in [0.2, 0.25) is 0 Å². The summed E-state index contributed by atoms with van der Waals surface area (Å²) in [6.45, 7) is 3.16. The molecular formula is C16H17N3O4S. The summed E-state index contributed by atoms with van der Waals surface area (Å²) in [5.74, 6) is -0.317. The van der Waals surface area contributed by atoms with E-state index in [0.717, 1.165) is 29.6 Å². The fourth-order valence-electron chi connectivity index (χ4n) is 2.87. The molecule has 0 radical (unpaired) electrons. The fraction of sp³-hybridized carbons (Fsp3) is 0.375. The number of carbonyl (C=O) groups excluding carboxylic acids is 1. The minimum atomic E-state index is -0.691. The van der Waals surface area contributed by atoms with Crippen LogP contribution >= 0.6 is 11.3 Å². The summed E-state index contributed by atoms with van der Waals surface area (Å²) in [7, 11) is 0. The van der Waals surface area contributed by atoms with Gasteiger partial charge in [0, 0.05) is 41.7 Å². The van der Waals surface area contributed by atoms with E-state index in [2.05, 4.69) is 4.98 Å². The van der Waals surface area contributed by atoms with Crippen LogP contribution in [0.3, 0.4) is 0 Å². The molecule has 3 rings (SSSR count). The van der Waals surface area contributed by atoms with Crippen LogP contribution in [0.5, 0.6) is 5.75 Å². The summed E-state index contributed by atoms with van der Waals surface area (Å²) in [4.78, 5) is 29.0. The molecule has 126 valence electrons. The Morgan fingerprint density at radius 1 is 1.42 bits per heavy atom. The molecule has 0 atom stereocenters. The number of piperidine rings is 1. The van der Waals surface area contributed by atoms with E-state index in [1.54, 1.807) is 16.2 Å². The van der Waals surface area contributed by atoms with E-state index < -0.39 is 16.4 Å². The van der Waals surface area contributed by atoms with Crippen LogP contribution in [0.1, 0.15) is 39.8 Å². The molecule has 8 heteroatoms. The average Bonchev–Trinajstić information content (AvgIpc) is 3.01. The third-order valence-electron chi connectivity index (χ3n) is 4.19. The highest BCUT2D eigenvalue weighted by atomic mass is 32.1. The Labute approximate surface area is 142 Å². The predicted octanol–water partition coefficient (Wildman–Crippen LogP) is 3.09. The molecule has 1 fully saturated rings. The highest BCUT2D eigenvalue weighted by Gasteiger charge is 2.27. The largest absolute Gasteiger partial charge is 0.502 e. The summed E-state index contributed by atoms with van der Waals surface area (Å²) >= 11 is 1.65. The number of nitrogens with zero attached hydrogens (tertiary/aromatic N) is 3. The maximum Gasteiger partial charge on any atom is 0.311 e. The topological polar surface area (TPSA) is 96.6 Å². The lowest BCUT2D eigenvalue weighted by molar-refractivity contribution is -0.385. The van der Waals surface area contributed by atoms with Crippen LogP contribution in [-0.2, 0) is 0 Å². The molecule has 1 aliphatic rings. The molecule has 1 aliphatic heterocycles. The fourth-order valence-corrected chi connectivity index (χ4v) is 3.84. The summed E-state index contributed by atoms with van der Waals surface area (Å²) in [5.41, 5.74) is 0.793. The number of rotatable bonds is 3. The summed E-state index contributed by atoms with van der Waals surface area (Å²) in [5, 5.41) is 23.5. The Morgan fingerprint density at radius 2 is 2.12 bits per heavy atom. The number of aromatic nitrogens is 1. The number of likely N-dealkylation sites (tertiary alicyclic amines) is 1. The van der Waals surface area contributed by atoms with Gasteiger partial charge in [0.1, 0.15) is 0 Å². The van der Waals surface area contributed by atoms with Gasteiger partial charge >= 0.3 is 5.69 Å². The van der Waals surface area contributed by atoms with Crippen LogP contribution in [0.4, 0.5) is 5.69 Å². The number of nitro benzene ring substituents is 1. The predicted molar refractivity (Wildman–Crippen MR) is 89.5 cm³/mol. The molecule has 1 saturated heterocycles. The Kier molecular flexibility index (Phi) is 4.48. The monoisotopic (exact) mass is 347 g/mol. The van der Waals surface area contributed by atoms with Crippen LogP contribution in [0.15, 0.2) is 23.6 Å². The summed E-state index contributed by atoms with van der Waals surface area (Å²) in [6.07, 6.45) is 1.66. The third kappa shape index (κ3) is 3.23. The van der Waals surface area contributed by atoms with E-state index >= 15 is 0 Å². The number of aryl methyl sites for hydroxylation is 1. The van der Waals surface area contributed by atoms with Crippen molar-refractivity contribution in [1.29, 1.82) is 0 Å². The zero-order valence-electron chi connectivity index (χ0n) is 13.1. The van der Waals surface area contributed by atoms with E-state index in [0.29, 0.717) is 19.0 Å². The number of amides is 1. The number of nitro groups is 1. The first kappa shape index (κ1) is 16.4. The normalized spacial score (nSPS) is 15.5. The van der Waals surface area contributed by atoms with Gasteiger partial charge in [-0.25, -0.2) is 4.98 Å². The Bertz CT molecular complexity index is 781. The van der Waals surface area contributed by atoms with Crippen molar-refractivity contribution in [2.75, 3.05) is 13.1 Å². The van der Waals surface area contributed by atoms with Crippen molar-refractivity contribution < 1.29 is 14.8 Å². The lowest BCUT2D eigenvalue weighted by Crippen LogP contribution is -2.37. The van der Waals surface area contributed by atoms with E-state index in [4.69, 9.17) is 0 Å². The van der Waals surface area contributed by atoms with E-state index in [1.807, 2.05) is 12.3 Å². The molecule has 0 saturated carbocycles. The van der Waals surface area contributed by atoms with Gasteiger partial charge in [0.25, 0.3) is 5.91 Å². The number of phenols is 1. The maximum atomic E-state index is 12.5. The summed E-state index contributed by atoms with van der Waals surface area (Å²) in [6, 6.07) is 3.74. The molecule has 2 heterocycles. The van der Waals surface area contributed by atoms with Gasteiger partial charge in [0.15, 0.2) is 5.75 Å². The quantitative estimate of drug-likeness (QED) is 0.680. The first-order valence-electron chi connectivity index (χ1n) is 7.64. The third-order valence-corrected chi connectivity index (χ3v) is 5.31. The highest BCUT2D eigenvalue weighted by molar-refractivity contribution is 7.09. The second-order valence-corrected chi connectivity index (χ2v) is 6.74. The number of benzene rings is 1. The van der Waals surface area contributed by atoms with E-state index in [9.17, 15) is 20.0 Å². The van der Waals surface area contributed by atoms with Crippen molar-refractivity contribution >= 4 is 22.9 Å². The van der Waals surface area contributed by atoms with Gasteiger partial charge in [-0.2, -0.15) is 0 Å². The minimum Gasteiger partial charge on any atom is -0.502 e. The second-order valence-electron chi connectivity index (χ2n) is 5.85. The first-order chi connectivity index (χ1) is 11.5. The average molecular weight is 347 g/mol. The number of thiazole rings is 1. The molecule has 1 aromatic carbocycles. The molecular weight excluding hydrogens is 330 g/mol. The zero-order chi connectivity index (χ0) is 17.3. The van der Waals surface area contributed by atoms with Crippen molar-refractivity contribution in [2.45, 2.75) is 25.7 Å². The number of carbonyl (C=O) groups is 1. The molecule has 0 unspecified atom stereocenters. The van der Waals surface area contributed by atoms with Crippen molar-refractivity contribution in [3.05, 3.63) is 50.0 Å². The van der Waals surface area contributed by atoms with Gasteiger partial charge in [0.2, 0.25) is 0 Å². The highest BCUT2D eigenvalue weighted by Crippen LogP contribution is 2.32. The molecule has 24 heavy (non-hydrogen) atoms. The molecule has 0 spiro atoms. The van der Waals surface area contributed by atoms with Crippen LogP contribution in [0, 0.1) is 17.0 Å². The van der Waals surface area contributed by atoms with Crippen LogP contribution in [0.25, 0.3) is 0 Å². The van der Waals surface area contributed by atoms with Gasteiger partial charge in [-0.05, 0) is 31.9 Å². The van der Waals surface area contributed by atoms with Crippen molar-refractivity contribution in [2.24, 2.45) is 0 Å². The molecule has 1 amide bonds. The number of aromatic hydroxyl groups is 1. The smallest absolute Gasteiger partial charge is 0.311 e. The number of hydrogen-bond acceptors (Lipinski definition) is 6. The first-order valence-corrected chi connectivity index (χ1v) is 8.52. The van der Waals surface area contributed by atoms with Gasteiger partial charge in [0.05, 0.1) is 9.93 Å². The lowest BCUT2D eigenvalue weighted by Gasteiger charge is -2.31. The van der Waals surface area contributed by atoms with Crippen molar-refractivity contribution in [3.63, 3.8) is 0 Å². The second kappa shape index (κ2) is 6.56. The molecule has 0 aliphatic carbocycles. The number of phenolic OH excluding ortho intramolecular Hbond substituents is 1. The van der Waals surface area contributed by atoms with Gasteiger partial charge in [-0.1, -0.05) is 0 Å². The Morgan fingerprint density at radius 3 is 2.71 bits per heavy atom. The lowest BCUT2D eigenvalue weighted by atomic mass is 9.97. The zero-order valence-corrected chi connectivity index (χ0v) is 14.0.